The van der Waals surface area contributed by atoms with Crippen LogP contribution in [0, 0.1) is 5.41 Å². The van der Waals surface area contributed by atoms with E-state index in [0.29, 0.717) is 25.9 Å². The van der Waals surface area contributed by atoms with E-state index in [0.717, 1.165) is 0 Å². The SMILES string of the molecule is CC(C)(C)OC(=O)N1CC(F)(F)C2C1CCN2CCC(C)(C)C(=O)OC(C)(C)C. The van der Waals surface area contributed by atoms with Crippen LogP contribution in [-0.2, 0) is 14.3 Å². The van der Waals surface area contributed by atoms with Gasteiger partial charge in [0.1, 0.15) is 11.2 Å². The van der Waals surface area contributed by atoms with Crippen molar-refractivity contribution in [3.63, 3.8) is 0 Å². The molecule has 2 fully saturated rings. The van der Waals surface area contributed by atoms with E-state index in [9.17, 15) is 18.4 Å². The van der Waals surface area contributed by atoms with E-state index in [2.05, 4.69) is 0 Å². The summed E-state index contributed by atoms with van der Waals surface area (Å²) < 4.78 is 40.4. The van der Waals surface area contributed by atoms with Crippen LogP contribution >= 0.6 is 0 Å². The lowest BCUT2D eigenvalue weighted by atomic mass is 9.88. The first-order valence-electron chi connectivity index (χ1n) is 10.3. The van der Waals surface area contributed by atoms with Crippen molar-refractivity contribution in [1.29, 1.82) is 0 Å². The Labute approximate surface area is 172 Å². The molecule has 2 heterocycles. The van der Waals surface area contributed by atoms with Gasteiger partial charge in [-0.25, -0.2) is 13.6 Å². The fraction of sp³-hybridized carbons (Fsp3) is 0.905. The summed E-state index contributed by atoms with van der Waals surface area (Å²) >= 11 is 0. The molecule has 29 heavy (non-hydrogen) atoms. The van der Waals surface area contributed by atoms with Gasteiger partial charge in [-0.05, 0) is 74.8 Å². The largest absolute Gasteiger partial charge is 0.460 e. The van der Waals surface area contributed by atoms with Gasteiger partial charge < -0.3 is 9.47 Å². The topological polar surface area (TPSA) is 59.1 Å². The summed E-state index contributed by atoms with van der Waals surface area (Å²) in [4.78, 5) is 27.8. The van der Waals surface area contributed by atoms with Crippen LogP contribution in [-0.4, -0.2) is 70.7 Å². The van der Waals surface area contributed by atoms with E-state index < -0.39 is 47.3 Å². The van der Waals surface area contributed by atoms with Gasteiger partial charge in [-0.2, -0.15) is 0 Å². The molecule has 1 amide bonds. The van der Waals surface area contributed by atoms with E-state index in [1.54, 1.807) is 60.3 Å². The van der Waals surface area contributed by atoms with Gasteiger partial charge in [0.15, 0.2) is 0 Å². The minimum Gasteiger partial charge on any atom is -0.460 e. The molecular formula is C21H36F2N2O4. The number of ether oxygens (including phenoxy) is 2. The highest BCUT2D eigenvalue weighted by molar-refractivity contribution is 5.76. The van der Waals surface area contributed by atoms with Gasteiger partial charge in [-0.1, -0.05) is 0 Å². The van der Waals surface area contributed by atoms with Crippen molar-refractivity contribution in [3.8, 4) is 0 Å². The number of hydrogen-bond donors (Lipinski definition) is 0. The number of fused-ring (bicyclic) bond motifs is 1. The number of alkyl halides is 2. The Morgan fingerprint density at radius 3 is 2.07 bits per heavy atom. The third-order valence-corrected chi connectivity index (χ3v) is 5.29. The monoisotopic (exact) mass is 418 g/mol. The first-order valence-corrected chi connectivity index (χ1v) is 10.3. The Morgan fingerprint density at radius 2 is 1.55 bits per heavy atom. The van der Waals surface area contributed by atoms with Gasteiger partial charge in [-0.3, -0.25) is 14.6 Å². The highest BCUT2D eigenvalue weighted by Crippen LogP contribution is 2.42. The number of halogens is 2. The first-order chi connectivity index (χ1) is 12.9. The average molecular weight is 419 g/mol. The minimum absolute atomic E-state index is 0.338. The molecule has 0 aromatic heterocycles. The first kappa shape index (κ1) is 23.8. The molecule has 2 atom stereocenters. The zero-order valence-electron chi connectivity index (χ0n) is 19.0. The molecule has 0 spiro atoms. The van der Waals surface area contributed by atoms with Crippen LogP contribution in [0.25, 0.3) is 0 Å². The molecule has 2 unspecified atom stereocenters. The fourth-order valence-electron chi connectivity index (χ4n) is 3.86. The molecule has 8 heteroatoms. The predicted molar refractivity (Wildman–Crippen MR) is 106 cm³/mol. The number of rotatable bonds is 4. The molecule has 6 nitrogen and oxygen atoms in total. The zero-order chi connectivity index (χ0) is 22.4. The summed E-state index contributed by atoms with van der Waals surface area (Å²) in [5.41, 5.74) is -2.12. The highest BCUT2D eigenvalue weighted by Gasteiger charge is 2.61. The Kier molecular flexibility index (Phi) is 6.31. The highest BCUT2D eigenvalue weighted by atomic mass is 19.3. The maximum Gasteiger partial charge on any atom is 0.410 e. The third-order valence-electron chi connectivity index (χ3n) is 5.29. The average Bonchev–Trinajstić information content (AvgIpc) is 3.02. The van der Waals surface area contributed by atoms with Crippen molar-refractivity contribution in [2.45, 2.75) is 97.4 Å². The summed E-state index contributed by atoms with van der Waals surface area (Å²) in [6.07, 6.45) is 0.167. The number of nitrogens with zero attached hydrogens (tertiary/aromatic N) is 2. The lowest BCUT2D eigenvalue weighted by molar-refractivity contribution is -0.166. The number of esters is 1. The molecule has 0 bridgehead atoms. The minimum atomic E-state index is -3.02. The molecule has 0 saturated carbocycles. The quantitative estimate of drug-likeness (QED) is 0.644. The number of likely N-dealkylation sites (tertiary alicyclic amines) is 2. The molecule has 0 aromatic rings. The molecule has 2 aliphatic heterocycles. The molecule has 2 rings (SSSR count). The maximum absolute atomic E-state index is 14.8. The molecule has 0 aromatic carbocycles. The molecule has 2 saturated heterocycles. The number of amides is 1. The van der Waals surface area contributed by atoms with Crippen LogP contribution in [0.3, 0.4) is 0 Å². The standard InChI is InChI=1S/C21H36F2N2O4/c1-18(2,3)28-16(26)20(7,8)10-12-24-11-9-14-15(24)21(22,23)13-25(14)17(27)29-19(4,5)6/h14-15H,9-13H2,1-8H3. The number of carbonyl (C=O) groups excluding carboxylic acids is 2. The van der Waals surface area contributed by atoms with Gasteiger partial charge in [-0.15, -0.1) is 0 Å². The van der Waals surface area contributed by atoms with Crippen LogP contribution < -0.4 is 0 Å². The fourth-order valence-corrected chi connectivity index (χ4v) is 3.86. The molecular weight excluding hydrogens is 382 g/mol. The maximum atomic E-state index is 14.8. The molecule has 2 aliphatic rings. The van der Waals surface area contributed by atoms with E-state index in [1.807, 2.05) is 0 Å². The van der Waals surface area contributed by atoms with Gasteiger partial charge in [0.25, 0.3) is 5.92 Å². The smallest absolute Gasteiger partial charge is 0.410 e. The Hall–Kier alpha value is -1.44. The molecule has 168 valence electrons. The lowest BCUT2D eigenvalue weighted by Gasteiger charge is -2.32. The van der Waals surface area contributed by atoms with E-state index >= 15 is 0 Å². The van der Waals surface area contributed by atoms with Gasteiger partial charge in [0, 0.05) is 6.54 Å². The normalized spacial score (nSPS) is 25.1. The van der Waals surface area contributed by atoms with Crippen LogP contribution in [0.4, 0.5) is 13.6 Å². The molecule has 0 aliphatic carbocycles. The summed E-state index contributed by atoms with van der Waals surface area (Å²) in [5.74, 6) is -3.36. The van der Waals surface area contributed by atoms with Crippen LogP contribution in [0.5, 0.6) is 0 Å². The van der Waals surface area contributed by atoms with Gasteiger partial charge in [0.05, 0.1) is 24.0 Å². The number of hydrogen-bond acceptors (Lipinski definition) is 5. The lowest BCUT2D eigenvalue weighted by Crippen LogP contribution is -2.47. The van der Waals surface area contributed by atoms with Crippen molar-refractivity contribution in [1.82, 2.24) is 9.80 Å². The van der Waals surface area contributed by atoms with E-state index in [-0.39, 0.29) is 5.97 Å². The van der Waals surface area contributed by atoms with Crippen LogP contribution in [0.2, 0.25) is 0 Å². The Balaban J connectivity index is 2.05. The van der Waals surface area contributed by atoms with E-state index in [4.69, 9.17) is 9.47 Å². The second-order valence-corrected chi connectivity index (χ2v) is 10.8. The van der Waals surface area contributed by atoms with E-state index in [1.165, 1.54) is 4.90 Å². The second-order valence-electron chi connectivity index (χ2n) is 10.8. The van der Waals surface area contributed by atoms with Crippen molar-refractivity contribution in [2.24, 2.45) is 5.41 Å². The molecule has 0 N–H and O–H groups in total. The van der Waals surface area contributed by atoms with Crippen LogP contribution in [0.1, 0.15) is 68.2 Å². The third kappa shape index (κ3) is 5.80. The number of carbonyl (C=O) groups is 2. The summed E-state index contributed by atoms with van der Waals surface area (Å²) in [5, 5.41) is 0. The van der Waals surface area contributed by atoms with Gasteiger partial charge in [0.2, 0.25) is 0 Å². The second kappa shape index (κ2) is 7.67. The van der Waals surface area contributed by atoms with Crippen molar-refractivity contribution in [3.05, 3.63) is 0 Å². The van der Waals surface area contributed by atoms with Crippen molar-refractivity contribution in [2.75, 3.05) is 19.6 Å². The Morgan fingerprint density at radius 1 is 1.00 bits per heavy atom. The Bertz CT molecular complexity index is 638. The summed E-state index contributed by atoms with van der Waals surface area (Å²) in [7, 11) is 0. The van der Waals surface area contributed by atoms with Crippen molar-refractivity contribution >= 4 is 12.1 Å². The predicted octanol–water partition coefficient (Wildman–Crippen LogP) is 4.07. The summed E-state index contributed by atoms with van der Waals surface area (Å²) in [6.45, 7) is 14.3. The molecule has 0 radical (unpaired) electrons. The summed E-state index contributed by atoms with van der Waals surface area (Å²) in [6, 6.07) is -1.63. The van der Waals surface area contributed by atoms with Crippen molar-refractivity contribution < 1.29 is 27.8 Å². The van der Waals surface area contributed by atoms with Crippen LogP contribution in [0.15, 0.2) is 0 Å². The zero-order valence-corrected chi connectivity index (χ0v) is 19.0. The van der Waals surface area contributed by atoms with Gasteiger partial charge >= 0.3 is 12.1 Å².